The van der Waals surface area contributed by atoms with Gasteiger partial charge < -0.3 is 10.2 Å². The standard InChI is InChI=1S/C16H30N2O/c1-4-18(11-13-9-10-13)16(19)17-15-8-6-5-7-14(15)12(2)3/h12-15H,4-11H2,1-3H3,(H,17,19). The van der Waals surface area contributed by atoms with E-state index in [2.05, 4.69) is 26.1 Å². The second-order valence-corrected chi connectivity index (χ2v) is 6.73. The lowest BCUT2D eigenvalue weighted by Crippen LogP contribution is -2.50. The van der Waals surface area contributed by atoms with Gasteiger partial charge in [-0.05, 0) is 50.4 Å². The molecule has 0 aliphatic heterocycles. The number of hydrogen-bond acceptors (Lipinski definition) is 1. The Morgan fingerprint density at radius 3 is 2.47 bits per heavy atom. The second kappa shape index (κ2) is 6.62. The first kappa shape index (κ1) is 14.7. The molecule has 110 valence electrons. The van der Waals surface area contributed by atoms with Crippen LogP contribution in [-0.4, -0.2) is 30.1 Å². The molecule has 0 aromatic rings. The van der Waals surface area contributed by atoms with Gasteiger partial charge in [-0.3, -0.25) is 0 Å². The zero-order valence-electron chi connectivity index (χ0n) is 12.8. The van der Waals surface area contributed by atoms with Gasteiger partial charge >= 0.3 is 6.03 Å². The maximum absolute atomic E-state index is 12.4. The molecule has 2 saturated carbocycles. The van der Waals surface area contributed by atoms with Crippen molar-refractivity contribution in [2.75, 3.05) is 13.1 Å². The first-order valence-corrected chi connectivity index (χ1v) is 8.17. The van der Waals surface area contributed by atoms with Gasteiger partial charge in [0, 0.05) is 19.1 Å². The van der Waals surface area contributed by atoms with E-state index in [1.165, 1.54) is 32.1 Å². The third-order valence-electron chi connectivity index (χ3n) is 4.83. The van der Waals surface area contributed by atoms with Crippen LogP contribution in [0.25, 0.3) is 0 Å². The lowest BCUT2D eigenvalue weighted by atomic mass is 9.78. The van der Waals surface area contributed by atoms with E-state index >= 15 is 0 Å². The lowest BCUT2D eigenvalue weighted by Gasteiger charge is -2.36. The highest BCUT2D eigenvalue weighted by atomic mass is 16.2. The van der Waals surface area contributed by atoms with Crippen molar-refractivity contribution in [3.8, 4) is 0 Å². The topological polar surface area (TPSA) is 32.3 Å². The van der Waals surface area contributed by atoms with Gasteiger partial charge in [0.1, 0.15) is 0 Å². The van der Waals surface area contributed by atoms with Crippen LogP contribution in [-0.2, 0) is 0 Å². The molecule has 2 amide bonds. The van der Waals surface area contributed by atoms with Gasteiger partial charge in [0.2, 0.25) is 0 Å². The number of nitrogens with one attached hydrogen (secondary N) is 1. The van der Waals surface area contributed by atoms with Crippen LogP contribution in [0.1, 0.15) is 59.3 Å². The van der Waals surface area contributed by atoms with Crippen LogP contribution in [0.15, 0.2) is 0 Å². The molecule has 0 aromatic heterocycles. The van der Waals surface area contributed by atoms with Gasteiger partial charge in [0.25, 0.3) is 0 Å². The summed E-state index contributed by atoms with van der Waals surface area (Å²) in [5, 5.41) is 3.32. The van der Waals surface area contributed by atoms with Crippen LogP contribution in [0.5, 0.6) is 0 Å². The number of amides is 2. The molecule has 0 bridgehead atoms. The predicted molar refractivity (Wildman–Crippen MR) is 79.1 cm³/mol. The number of carbonyl (C=O) groups excluding carboxylic acids is 1. The molecule has 0 spiro atoms. The fraction of sp³-hybridized carbons (Fsp3) is 0.938. The molecule has 0 aromatic carbocycles. The van der Waals surface area contributed by atoms with Crippen LogP contribution in [0.4, 0.5) is 4.79 Å². The Balaban J connectivity index is 1.87. The van der Waals surface area contributed by atoms with Crippen molar-refractivity contribution < 1.29 is 4.79 Å². The minimum absolute atomic E-state index is 0.173. The third kappa shape index (κ3) is 4.12. The predicted octanol–water partition coefficient (Wildman–Crippen LogP) is 3.64. The number of urea groups is 1. The molecule has 3 nitrogen and oxygen atoms in total. The average Bonchev–Trinajstić information content (AvgIpc) is 3.20. The minimum Gasteiger partial charge on any atom is -0.335 e. The molecule has 1 N–H and O–H groups in total. The third-order valence-corrected chi connectivity index (χ3v) is 4.83. The Kier molecular flexibility index (Phi) is 5.12. The fourth-order valence-electron chi connectivity index (χ4n) is 3.35. The summed E-state index contributed by atoms with van der Waals surface area (Å²) >= 11 is 0. The Morgan fingerprint density at radius 2 is 1.89 bits per heavy atom. The monoisotopic (exact) mass is 266 g/mol. The van der Waals surface area contributed by atoms with Crippen molar-refractivity contribution in [1.29, 1.82) is 0 Å². The van der Waals surface area contributed by atoms with Crippen molar-refractivity contribution in [2.45, 2.75) is 65.3 Å². The van der Waals surface area contributed by atoms with E-state index in [0.29, 0.717) is 17.9 Å². The maximum Gasteiger partial charge on any atom is 0.317 e. The van der Waals surface area contributed by atoms with Crippen molar-refractivity contribution in [3.63, 3.8) is 0 Å². The number of carbonyl (C=O) groups is 1. The molecule has 2 unspecified atom stereocenters. The Hall–Kier alpha value is -0.730. The van der Waals surface area contributed by atoms with Crippen LogP contribution in [0.2, 0.25) is 0 Å². The van der Waals surface area contributed by atoms with Crippen LogP contribution in [0, 0.1) is 17.8 Å². The van der Waals surface area contributed by atoms with Crippen molar-refractivity contribution in [3.05, 3.63) is 0 Å². The molecule has 19 heavy (non-hydrogen) atoms. The highest BCUT2D eigenvalue weighted by Crippen LogP contribution is 2.31. The van der Waals surface area contributed by atoms with Gasteiger partial charge in [-0.1, -0.05) is 26.7 Å². The van der Waals surface area contributed by atoms with E-state index in [1.54, 1.807) is 0 Å². The largest absolute Gasteiger partial charge is 0.335 e. The summed E-state index contributed by atoms with van der Waals surface area (Å²) in [4.78, 5) is 14.4. The Morgan fingerprint density at radius 1 is 1.21 bits per heavy atom. The quantitative estimate of drug-likeness (QED) is 0.809. The zero-order chi connectivity index (χ0) is 13.8. The molecule has 0 radical (unpaired) electrons. The molecule has 2 fully saturated rings. The normalized spacial score (nSPS) is 27.4. The number of nitrogens with zero attached hydrogens (tertiary/aromatic N) is 1. The molecule has 3 heteroatoms. The highest BCUT2D eigenvalue weighted by molar-refractivity contribution is 5.74. The molecule has 2 rings (SSSR count). The van der Waals surface area contributed by atoms with Crippen molar-refractivity contribution in [1.82, 2.24) is 10.2 Å². The molecule has 0 heterocycles. The second-order valence-electron chi connectivity index (χ2n) is 6.73. The van der Waals surface area contributed by atoms with E-state index in [4.69, 9.17) is 0 Å². The number of rotatable bonds is 5. The zero-order valence-corrected chi connectivity index (χ0v) is 12.8. The van der Waals surface area contributed by atoms with Gasteiger partial charge in [-0.2, -0.15) is 0 Å². The summed E-state index contributed by atoms with van der Waals surface area (Å²) in [6, 6.07) is 0.571. The smallest absolute Gasteiger partial charge is 0.317 e. The van der Waals surface area contributed by atoms with Crippen LogP contribution >= 0.6 is 0 Å². The number of hydrogen-bond donors (Lipinski definition) is 1. The summed E-state index contributed by atoms with van der Waals surface area (Å²) in [6.07, 6.45) is 7.65. The van der Waals surface area contributed by atoms with E-state index < -0.39 is 0 Å². The molecular formula is C16H30N2O. The van der Waals surface area contributed by atoms with E-state index in [0.717, 1.165) is 25.4 Å². The summed E-state index contributed by atoms with van der Waals surface area (Å²) in [5.74, 6) is 2.11. The van der Waals surface area contributed by atoms with E-state index in [1.807, 2.05) is 4.90 Å². The van der Waals surface area contributed by atoms with E-state index in [-0.39, 0.29) is 6.03 Å². The van der Waals surface area contributed by atoms with Crippen molar-refractivity contribution >= 4 is 6.03 Å². The molecular weight excluding hydrogens is 236 g/mol. The molecule has 2 aliphatic rings. The first-order chi connectivity index (χ1) is 9.11. The summed E-state index contributed by atoms with van der Waals surface area (Å²) in [7, 11) is 0. The summed E-state index contributed by atoms with van der Waals surface area (Å²) in [5.41, 5.74) is 0. The summed E-state index contributed by atoms with van der Waals surface area (Å²) in [6.45, 7) is 8.46. The van der Waals surface area contributed by atoms with Crippen LogP contribution < -0.4 is 5.32 Å². The molecule has 0 saturated heterocycles. The Labute approximate surface area is 118 Å². The average molecular weight is 266 g/mol. The first-order valence-electron chi connectivity index (χ1n) is 8.17. The minimum atomic E-state index is 0.173. The van der Waals surface area contributed by atoms with Gasteiger partial charge in [-0.25, -0.2) is 4.79 Å². The van der Waals surface area contributed by atoms with Crippen LogP contribution in [0.3, 0.4) is 0 Å². The fourth-order valence-corrected chi connectivity index (χ4v) is 3.35. The SMILES string of the molecule is CCN(CC1CC1)C(=O)NC1CCCCC1C(C)C. The molecule has 2 atom stereocenters. The van der Waals surface area contributed by atoms with Gasteiger partial charge in [0.15, 0.2) is 0 Å². The van der Waals surface area contributed by atoms with Crippen molar-refractivity contribution in [2.24, 2.45) is 17.8 Å². The lowest BCUT2D eigenvalue weighted by molar-refractivity contribution is 0.167. The molecule has 2 aliphatic carbocycles. The summed E-state index contributed by atoms with van der Waals surface area (Å²) < 4.78 is 0. The van der Waals surface area contributed by atoms with Gasteiger partial charge in [-0.15, -0.1) is 0 Å². The highest BCUT2D eigenvalue weighted by Gasteiger charge is 2.31. The van der Waals surface area contributed by atoms with E-state index in [9.17, 15) is 4.79 Å². The maximum atomic E-state index is 12.4. The Bertz CT molecular complexity index is 299. The van der Waals surface area contributed by atoms with Gasteiger partial charge in [0.05, 0.1) is 0 Å².